The highest BCUT2D eigenvalue weighted by atomic mass is 32.2. The molecule has 1 aliphatic rings. The zero-order valence-electron chi connectivity index (χ0n) is 28.7. The largest absolute Gasteiger partial charge is 0.445 e. The van der Waals surface area contributed by atoms with E-state index < -0.39 is 50.7 Å². The molecule has 3 aromatic rings. The maximum absolute atomic E-state index is 14.0. The van der Waals surface area contributed by atoms with Gasteiger partial charge in [-0.1, -0.05) is 105 Å². The molecule has 0 saturated carbocycles. The lowest BCUT2D eigenvalue weighted by Crippen LogP contribution is -2.63. The predicted octanol–water partition coefficient (Wildman–Crippen LogP) is 5.81. The van der Waals surface area contributed by atoms with Gasteiger partial charge in [-0.3, -0.25) is 10.1 Å². The van der Waals surface area contributed by atoms with Gasteiger partial charge in [0, 0.05) is 6.26 Å². The summed E-state index contributed by atoms with van der Waals surface area (Å²) in [4.78, 5) is 40.3. The summed E-state index contributed by atoms with van der Waals surface area (Å²) in [6.45, 7) is 6.63. The van der Waals surface area contributed by atoms with E-state index in [1.807, 2.05) is 80.6 Å². The van der Waals surface area contributed by atoms with Crippen molar-refractivity contribution in [2.45, 2.75) is 88.8 Å². The Morgan fingerprint density at radius 1 is 0.857 bits per heavy atom. The number of benzene rings is 3. The Balaban J connectivity index is 1.53. The van der Waals surface area contributed by atoms with E-state index in [4.69, 9.17) is 14.2 Å². The second kappa shape index (κ2) is 16.3. The molecule has 264 valence electrons. The molecule has 12 heteroatoms. The van der Waals surface area contributed by atoms with Crippen molar-refractivity contribution < 1.29 is 37.0 Å². The van der Waals surface area contributed by atoms with Crippen molar-refractivity contribution in [3.63, 3.8) is 0 Å². The van der Waals surface area contributed by atoms with E-state index in [9.17, 15) is 22.8 Å². The molecule has 11 nitrogen and oxygen atoms in total. The summed E-state index contributed by atoms with van der Waals surface area (Å²) >= 11 is 0. The summed E-state index contributed by atoms with van der Waals surface area (Å²) in [7, 11) is -3.93. The summed E-state index contributed by atoms with van der Waals surface area (Å²) in [5, 5.41) is 7.96. The molecule has 3 N–H and O–H groups in total. The van der Waals surface area contributed by atoms with E-state index in [1.165, 1.54) is 13.8 Å². The molecule has 0 aliphatic carbocycles. The van der Waals surface area contributed by atoms with E-state index in [1.54, 1.807) is 24.3 Å². The zero-order chi connectivity index (χ0) is 35.7. The first-order valence-corrected chi connectivity index (χ1v) is 18.3. The lowest BCUT2D eigenvalue weighted by molar-refractivity contribution is -0.131. The molecular formula is C37H47N3O8S. The number of epoxide rings is 1. The van der Waals surface area contributed by atoms with Gasteiger partial charge in [-0.05, 0) is 62.1 Å². The molecule has 1 fully saturated rings. The van der Waals surface area contributed by atoms with Crippen LogP contribution in [-0.2, 0) is 41.9 Å². The number of aryl methyl sites for hydroxylation is 1. The minimum absolute atomic E-state index is 0.0981. The van der Waals surface area contributed by atoms with Gasteiger partial charge in [-0.15, -0.1) is 0 Å². The lowest BCUT2D eigenvalue weighted by atomic mass is 9.97. The van der Waals surface area contributed by atoms with Crippen LogP contribution in [0.25, 0.3) is 0 Å². The van der Waals surface area contributed by atoms with Crippen LogP contribution in [0.1, 0.15) is 69.7 Å². The fourth-order valence-electron chi connectivity index (χ4n) is 5.43. The number of carbonyl (C=O) groups is 3. The predicted molar refractivity (Wildman–Crippen MR) is 186 cm³/mol. The molecule has 1 saturated heterocycles. The number of alkyl carbamates (subject to hydrolysis) is 2. The minimum atomic E-state index is -3.93. The third kappa shape index (κ3) is 10.5. The molecule has 4 atom stereocenters. The fraction of sp³-hybridized carbons (Fsp3) is 0.432. The topological polar surface area (TPSA) is 152 Å². The van der Waals surface area contributed by atoms with Crippen molar-refractivity contribution in [3.05, 3.63) is 108 Å². The van der Waals surface area contributed by atoms with E-state index in [0.717, 1.165) is 23.8 Å². The highest BCUT2D eigenvalue weighted by Crippen LogP contribution is 2.40. The van der Waals surface area contributed by atoms with Gasteiger partial charge in [0.1, 0.15) is 12.6 Å². The number of amides is 3. The van der Waals surface area contributed by atoms with Crippen molar-refractivity contribution in [3.8, 4) is 0 Å². The Morgan fingerprint density at radius 3 is 2.00 bits per heavy atom. The second-order valence-corrected chi connectivity index (χ2v) is 15.9. The highest BCUT2D eigenvalue weighted by molar-refractivity contribution is 7.92. The minimum Gasteiger partial charge on any atom is -0.445 e. The van der Waals surface area contributed by atoms with Gasteiger partial charge in [0.05, 0.1) is 10.8 Å². The molecular weight excluding hydrogens is 646 g/mol. The number of carbonyl (C=O) groups excluding carboxylic acids is 3. The molecule has 49 heavy (non-hydrogen) atoms. The van der Waals surface area contributed by atoms with Crippen LogP contribution in [0.2, 0.25) is 0 Å². The first-order valence-electron chi connectivity index (χ1n) is 16.4. The van der Waals surface area contributed by atoms with Crippen molar-refractivity contribution in [2.24, 2.45) is 5.92 Å². The third-order valence-electron chi connectivity index (χ3n) is 8.59. The Labute approximate surface area is 289 Å². The number of nitrogens with one attached hydrogen (secondary N) is 3. The maximum Gasteiger partial charge on any atom is 0.411 e. The van der Waals surface area contributed by atoms with Crippen LogP contribution >= 0.6 is 0 Å². The Bertz CT molecular complexity index is 1650. The third-order valence-corrected chi connectivity index (χ3v) is 10.7. The van der Waals surface area contributed by atoms with E-state index >= 15 is 0 Å². The summed E-state index contributed by atoms with van der Waals surface area (Å²) in [6.07, 6.45) is 0.849. The van der Waals surface area contributed by atoms with Gasteiger partial charge >= 0.3 is 18.1 Å². The van der Waals surface area contributed by atoms with E-state index in [0.29, 0.717) is 24.8 Å². The Kier molecular flexibility index (Phi) is 12.5. The van der Waals surface area contributed by atoms with Gasteiger partial charge in [0.2, 0.25) is 5.91 Å². The van der Waals surface area contributed by atoms with Crippen LogP contribution in [0.5, 0.6) is 0 Å². The summed E-state index contributed by atoms with van der Waals surface area (Å²) in [5.41, 5.74) is 2.70. The van der Waals surface area contributed by atoms with E-state index in [2.05, 4.69) is 16.0 Å². The average molecular weight is 694 g/mol. The fourth-order valence-corrected chi connectivity index (χ4v) is 6.02. The van der Waals surface area contributed by atoms with Gasteiger partial charge in [0.25, 0.3) is 0 Å². The van der Waals surface area contributed by atoms with Crippen molar-refractivity contribution >= 4 is 27.9 Å². The molecule has 2 unspecified atom stereocenters. The molecule has 0 spiro atoms. The Morgan fingerprint density at radius 2 is 1.43 bits per heavy atom. The van der Waals surface area contributed by atoms with Crippen molar-refractivity contribution in [2.75, 3.05) is 6.26 Å². The van der Waals surface area contributed by atoms with Crippen LogP contribution in [0.4, 0.5) is 9.59 Å². The normalized spacial score (nSPS) is 18.5. The summed E-state index contributed by atoms with van der Waals surface area (Å²) in [5.74, 6) is -2.57. The monoisotopic (exact) mass is 693 g/mol. The van der Waals surface area contributed by atoms with Crippen LogP contribution < -0.4 is 16.0 Å². The quantitative estimate of drug-likeness (QED) is 0.126. The van der Waals surface area contributed by atoms with Gasteiger partial charge in [0.15, 0.2) is 15.9 Å². The molecule has 1 aliphatic heterocycles. The zero-order valence-corrected chi connectivity index (χ0v) is 29.5. The van der Waals surface area contributed by atoms with E-state index in [-0.39, 0.29) is 18.6 Å². The van der Waals surface area contributed by atoms with Crippen LogP contribution in [0.15, 0.2) is 91.0 Å². The molecule has 1 heterocycles. The van der Waals surface area contributed by atoms with Crippen molar-refractivity contribution in [1.82, 2.24) is 16.0 Å². The molecule has 3 amide bonds. The van der Waals surface area contributed by atoms with Crippen LogP contribution in [-0.4, -0.2) is 55.6 Å². The second-order valence-electron chi connectivity index (χ2n) is 13.3. The average Bonchev–Trinajstić information content (AvgIpc) is 3.72. The van der Waals surface area contributed by atoms with Gasteiger partial charge in [-0.25, -0.2) is 18.0 Å². The number of sulfone groups is 1. The lowest BCUT2D eigenvalue weighted by Gasteiger charge is -2.32. The Hall–Kier alpha value is -4.42. The number of hydrogen-bond acceptors (Lipinski definition) is 8. The smallest absolute Gasteiger partial charge is 0.411 e. The summed E-state index contributed by atoms with van der Waals surface area (Å²) < 4.78 is 41.1. The van der Waals surface area contributed by atoms with Crippen molar-refractivity contribution in [1.29, 1.82) is 0 Å². The van der Waals surface area contributed by atoms with Gasteiger partial charge in [-0.2, -0.15) is 0 Å². The van der Waals surface area contributed by atoms with Crippen LogP contribution in [0.3, 0.4) is 0 Å². The number of rotatable bonds is 16. The first kappa shape index (κ1) is 37.4. The highest BCUT2D eigenvalue weighted by Gasteiger charge is 2.63. The molecule has 0 bridgehead atoms. The SMILES string of the molecule is CC(C)CC(NC(=O)OC1(NC(=O)[C@@H](NC(=O)OCc2ccccc2)C(C)(C)S(C)(=O)=O)O[C@@H]1CCCc1ccccc1)c1ccccc1. The summed E-state index contributed by atoms with van der Waals surface area (Å²) in [6, 6.07) is 26.2. The van der Waals surface area contributed by atoms with Gasteiger partial charge < -0.3 is 24.8 Å². The standard InChI is InChI=1S/C37H47N3O8S/c1-26(2)24-30(29-21-13-8-14-22-29)38-35(43)48-37(31(47-37)23-15-20-27-16-9-6-10-17-27)40-33(41)32(36(3,4)49(5,44)45)39-34(42)46-25-28-18-11-7-12-19-28/h6-14,16-19,21-22,26,30-32H,15,20,23-25H2,1-5H3,(H,38,43)(H,39,42)(H,40,41)/t30?,31-,32-,37?/m1/s1. The molecule has 0 aromatic heterocycles. The molecule has 4 rings (SSSR count). The first-order chi connectivity index (χ1) is 23.2. The van der Waals surface area contributed by atoms with Crippen LogP contribution in [0, 0.1) is 5.92 Å². The molecule has 0 radical (unpaired) electrons. The number of ether oxygens (including phenoxy) is 3. The molecule has 3 aromatic carbocycles. The number of hydrogen-bond donors (Lipinski definition) is 3. The maximum atomic E-state index is 14.0.